The normalized spacial score (nSPS) is 20.1. The maximum Gasteiger partial charge on any atom is 0.222 e. The van der Waals surface area contributed by atoms with Crippen LogP contribution >= 0.6 is 11.6 Å². The molecule has 3 heteroatoms. The Balaban J connectivity index is 2.09. The average molecular weight is 176 g/mol. The van der Waals surface area contributed by atoms with Crippen LogP contribution in [0.3, 0.4) is 0 Å². The van der Waals surface area contributed by atoms with Crippen LogP contribution in [0.1, 0.15) is 25.7 Å². The number of rotatable bonds is 3. The molecule has 0 atom stereocenters. The van der Waals surface area contributed by atoms with Gasteiger partial charge in [0.15, 0.2) is 0 Å². The van der Waals surface area contributed by atoms with Gasteiger partial charge in [0.05, 0.1) is 0 Å². The predicted octanol–water partition coefficient (Wildman–Crippen LogP) is 1.63. The molecule has 0 aromatic heterocycles. The van der Waals surface area contributed by atoms with Crippen molar-refractivity contribution in [3.8, 4) is 0 Å². The molecule has 2 nitrogen and oxygen atoms in total. The molecule has 0 radical (unpaired) electrons. The fraction of sp³-hybridized carbons (Fsp3) is 0.875. The number of carbonyl (C=O) groups excluding carboxylic acids is 1. The average Bonchev–Trinajstić information content (AvgIpc) is 2.03. The zero-order valence-corrected chi connectivity index (χ0v) is 7.44. The van der Waals surface area contributed by atoms with E-state index in [0.717, 1.165) is 19.6 Å². The number of piperidine rings is 1. The van der Waals surface area contributed by atoms with E-state index in [-0.39, 0.29) is 5.24 Å². The van der Waals surface area contributed by atoms with E-state index in [2.05, 4.69) is 4.90 Å². The summed E-state index contributed by atoms with van der Waals surface area (Å²) in [7, 11) is 0. The third-order valence-electron chi connectivity index (χ3n) is 2.07. The first-order valence-electron chi connectivity index (χ1n) is 4.20. The molecule has 0 aliphatic carbocycles. The van der Waals surface area contributed by atoms with Crippen molar-refractivity contribution in [1.29, 1.82) is 0 Å². The lowest BCUT2D eigenvalue weighted by molar-refractivity contribution is -0.112. The second-order valence-corrected chi connectivity index (χ2v) is 3.43. The van der Waals surface area contributed by atoms with Crippen LogP contribution in [0.25, 0.3) is 0 Å². The molecule has 1 saturated heterocycles. The number of hydrogen-bond donors (Lipinski definition) is 0. The van der Waals surface area contributed by atoms with E-state index in [9.17, 15) is 4.79 Å². The van der Waals surface area contributed by atoms with Crippen LogP contribution in [-0.2, 0) is 4.79 Å². The second kappa shape index (κ2) is 4.73. The standard InChI is InChI=1S/C8H14ClNO/c9-8(11)4-7-10-5-2-1-3-6-10/h1-7H2. The van der Waals surface area contributed by atoms with Gasteiger partial charge in [0.25, 0.3) is 0 Å². The molecule has 11 heavy (non-hydrogen) atoms. The Morgan fingerprint density at radius 1 is 1.27 bits per heavy atom. The van der Waals surface area contributed by atoms with Crippen molar-refractivity contribution in [3.05, 3.63) is 0 Å². The van der Waals surface area contributed by atoms with Gasteiger partial charge in [0, 0.05) is 13.0 Å². The third kappa shape index (κ3) is 3.73. The fourth-order valence-corrected chi connectivity index (χ4v) is 1.51. The molecule has 1 rings (SSSR count). The minimum absolute atomic E-state index is 0.212. The number of nitrogens with zero attached hydrogens (tertiary/aromatic N) is 1. The van der Waals surface area contributed by atoms with E-state index < -0.39 is 0 Å². The van der Waals surface area contributed by atoms with Crippen molar-refractivity contribution in [2.45, 2.75) is 25.7 Å². The van der Waals surface area contributed by atoms with E-state index in [0.29, 0.717) is 6.42 Å². The topological polar surface area (TPSA) is 20.3 Å². The van der Waals surface area contributed by atoms with Gasteiger partial charge in [-0.05, 0) is 37.5 Å². The molecule has 0 unspecified atom stereocenters. The first kappa shape index (κ1) is 9.01. The van der Waals surface area contributed by atoms with Crippen molar-refractivity contribution < 1.29 is 4.79 Å². The molecule has 0 spiro atoms. The maximum absolute atomic E-state index is 10.4. The monoisotopic (exact) mass is 175 g/mol. The van der Waals surface area contributed by atoms with Crippen molar-refractivity contribution in [3.63, 3.8) is 0 Å². The van der Waals surface area contributed by atoms with Gasteiger partial charge in [0.1, 0.15) is 0 Å². The van der Waals surface area contributed by atoms with Crippen LogP contribution in [0.2, 0.25) is 0 Å². The summed E-state index contributed by atoms with van der Waals surface area (Å²) in [4.78, 5) is 12.7. The zero-order chi connectivity index (χ0) is 8.10. The Labute approximate surface area is 72.5 Å². The molecular formula is C8H14ClNO. The maximum atomic E-state index is 10.4. The molecule has 1 aliphatic rings. The highest BCUT2D eigenvalue weighted by atomic mass is 35.5. The van der Waals surface area contributed by atoms with Gasteiger partial charge in [-0.1, -0.05) is 6.42 Å². The minimum Gasteiger partial charge on any atom is -0.303 e. The van der Waals surface area contributed by atoms with Gasteiger partial charge >= 0.3 is 0 Å². The van der Waals surface area contributed by atoms with E-state index in [1.807, 2.05) is 0 Å². The van der Waals surface area contributed by atoms with Gasteiger partial charge in [0.2, 0.25) is 5.24 Å². The van der Waals surface area contributed by atoms with Crippen LogP contribution in [0.5, 0.6) is 0 Å². The smallest absolute Gasteiger partial charge is 0.222 e. The molecule has 0 amide bonds. The highest BCUT2D eigenvalue weighted by molar-refractivity contribution is 6.63. The van der Waals surface area contributed by atoms with Crippen LogP contribution in [-0.4, -0.2) is 29.8 Å². The lowest BCUT2D eigenvalue weighted by Gasteiger charge is -2.25. The summed E-state index contributed by atoms with van der Waals surface area (Å²) in [5.74, 6) is 0. The van der Waals surface area contributed by atoms with Gasteiger partial charge in [-0.3, -0.25) is 4.79 Å². The van der Waals surface area contributed by atoms with Crippen molar-refractivity contribution in [1.82, 2.24) is 4.90 Å². The molecule has 0 aromatic rings. The summed E-state index contributed by atoms with van der Waals surface area (Å²) >= 11 is 5.23. The quantitative estimate of drug-likeness (QED) is 0.608. The summed E-state index contributed by atoms with van der Waals surface area (Å²) in [6.45, 7) is 3.14. The van der Waals surface area contributed by atoms with Gasteiger partial charge in [-0.15, -0.1) is 0 Å². The first-order chi connectivity index (χ1) is 5.29. The number of halogens is 1. The van der Waals surface area contributed by atoms with E-state index in [1.54, 1.807) is 0 Å². The largest absolute Gasteiger partial charge is 0.303 e. The fourth-order valence-electron chi connectivity index (χ4n) is 1.43. The molecular weight excluding hydrogens is 162 g/mol. The number of likely N-dealkylation sites (tertiary alicyclic amines) is 1. The molecule has 1 aliphatic heterocycles. The molecule has 0 saturated carbocycles. The summed E-state index contributed by atoms with van der Waals surface area (Å²) in [6, 6.07) is 0. The molecule has 1 heterocycles. The third-order valence-corrected chi connectivity index (χ3v) is 2.26. The van der Waals surface area contributed by atoms with Crippen LogP contribution in [0, 0.1) is 0 Å². The van der Waals surface area contributed by atoms with Gasteiger partial charge in [-0.2, -0.15) is 0 Å². The molecule has 0 aromatic carbocycles. The summed E-state index contributed by atoms with van der Waals surface area (Å²) in [5, 5.41) is -0.212. The first-order valence-corrected chi connectivity index (χ1v) is 4.57. The zero-order valence-electron chi connectivity index (χ0n) is 6.68. The number of carbonyl (C=O) groups is 1. The molecule has 0 bridgehead atoms. The Bertz CT molecular complexity index is 132. The summed E-state index contributed by atoms with van der Waals surface area (Å²) < 4.78 is 0. The van der Waals surface area contributed by atoms with Crippen molar-refractivity contribution >= 4 is 16.8 Å². The van der Waals surface area contributed by atoms with Crippen molar-refractivity contribution in [2.75, 3.05) is 19.6 Å². The lowest BCUT2D eigenvalue weighted by atomic mass is 10.1. The Kier molecular flexibility index (Phi) is 3.87. The van der Waals surface area contributed by atoms with Crippen molar-refractivity contribution in [2.24, 2.45) is 0 Å². The summed E-state index contributed by atoms with van der Waals surface area (Å²) in [6.07, 6.45) is 4.39. The Morgan fingerprint density at radius 2 is 1.91 bits per heavy atom. The van der Waals surface area contributed by atoms with Crippen LogP contribution in [0.4, 0.5) is 0 Å². The SMILES string of the molecule is O=C(Cl)CCN1CCCCC1. The highest BCUT2D eigenvalue weighted by Crippen LogP contribution is 2.08. The second-order valence-electron chi connectivity index (χ2n) is 3.01. The molecule has 0 N–H and O–H groups in total. The highest BCUT2D eigenvalue weighted by Gasteiger charge is 2.10. The predicted molar refractivity (Wildman–Crippen MR) is 45.8 cm³/mol. The van der Waals surface area contributed by atoms with Gasteiger partial charge in [-0.25, -0.2) is 0 Å². The summed E-state index contributed by atoms with van der Waals surface area (Å²) in [5.41, 5.74) is 0. The van der Waals surface area contributed by atoms with E-state index >= 15 is 0 Å². The lowest BCUT2D eigenvalue weighted by Crippen LogP contribution is -2.31. The Morgan fingerprint density at radius 3 is 2.45 bits per heavy atom. The van der Waals surface area contributed by atoms with Crippen LogP contribution in [0.15, 0.2) is 0 Å². The minimum atomic E-state index is -0.212. The van der Waals surface area contributed by atoms with Gasteiger partial charge < -0.3 is 4.90 Å². The Hall–Kier alpha value is -0.0800. The molecule has 1 fully saturated rings. The van der Waals surface area contributed by atoms with Crippen LogP contribution < -0.4 is 0 Å². The van der Waals surface area contributed by atoms with E-state index in [1.165, 1.54) is 19.3 Å². The molecule has 64 valence electrons. The number of hydrogen-bond acceptors (Lipinski definition) is 2. The van der Waals surface area contributed by atoms with E-state index in [4.69, 9.17) is 11.6 Å².